The monoisotopic (exact) mass is 168 g/mol. The number of hydrogen-bond donors (Lipinski definition) is 1. The molecule has 0 saturated carbocycles. The van der Waals surface area contributed by atoms with E-state index in [-0.39, 0.29) is 5.97 Å². The van der Waals surface area contributed by atoms with Gasteiger partial charge in [0.2, 0.25) is 0 Å². The molecule has 0 saturated heterocycles. The summed E-state index contributed by atoms with van der Waals surface area (Å²) in [5.74, 6) is -0.357. The van der Waals surface area contributed by atoms with Gasteiger partial charge < -0.3 is 4.74 Å². The number of aromatic amines is 1. The topological polar surface area (TPSA) is 55.0 Å². The first-order chi connectivity index (χ1) is 5.84. The van der Waals surface area contributed by atoms with Gasteiger partial charge >= 0.3 is 5.97 Å². The van der Waals surface area contributed by atoms with Crippen molar-refractivity contribution in [3.05, 3.63) is 18.0 Å². The van der Waals surface area contributed by atoms with Crippen molar-refractivity contribution in [2.45, 2.75) is 19.8 Å². The van der Waals surface area contributed by atoms with E-state index in [1.807, 2.05) is 6.92 Å². The molecule has 0 unspecified atom stereocenters. The van der Waals surface area contributed by atoms with Crippen LogP contribution in [-0.2, 0) is 4.74 Å². The molecule has 0 spiro atoms. The molecule has 0 radical (unpaired) electrons. The van der Waals surface area contributed by atoms with Gasteiger partial charge in [-0.3, -0.25) is 5.10 Å². The third-order valence-corrected chi connectivity index (χ3v) is 1.44. The molecule has 0 fully saturated rings. The highest BCUT2D eigenvalue weighted by Crippen LogP contribution is 1.96. The van der Waals surface area contributed by atoms with Crippen LogP contribution >= 0.6 is 0 Å². The summed E-state index contributed by atoms with van der Waals surface area (Å²) in [6.45, 7) is 2.52. The van der Waals surface area contributed by atoms with Crippen molar-refractivity contribution in [3.8, 4) is 0 Å². The standard InChI is InChI=1S/C8H12N2O2/c1-2-3-6-12-8(11)7-4-5-9-10-7/h4-5H,2-3,6H2,1H3,(H,9,10). The highest BCUT2D eigenvalue weighted by molar-refractivity contribution is 5.86. The number of carbonyl (C=O) groups excluding carboxylic acids is 1. The van der Waals surface area contributed by atoms with Gasteiger partial charge in [0.15, 0.2) is 5.69 Å². The van der Waals surface area contributed by atoms with Crippen LogP contribution in [0.1, 0.15) is 30.3 Å². The molecule has 1 heterocycles. The van der Waals surface area contributed by atoms with E-state index in [1.165, 1.54) is 0 Å². The second-order valence-electron chi connectivity index (χ2n) is 2.45. The maximum absolute atomic E-state index is 11.1. The first-order valence-electron chi connectivity index (χ1n) is 4.01. The number of aromatic nitrogens is 2. The number of hydrogen-bond acceptors (Lipinski definition) is 3. The molecule has 0 aliphatic heterocycles. The number of nitrogens with zero attached hydrogens (tertiary/aromatic N) is 1. The number of carbonyl (C=O) groups is 1. The summed E-state index contributed by atoms with van der Waals surface area (Å²) in [5, 5.41) is 6.25. The van der Waals surface area contributed by atoms with Crippen LogP contribution in [-0.4, -0.2) is 22.8 Å². The second-order valence-corrected chi connectivity index (χ2v) is 2.45. The molecular weight excluding hydrogens is 156 g/mol. The van der Waals surface area contributed by atoms with E-state index >= 15 is 0 Å². The largest absolute Gasteiger partial charge is 0.461 e. The molecule has 12 heavy (non-hydrogen) atoms. The minimum Gasteiger partial charge on any atom is -0.461 e. The van der Waals surface area contributed by atoms with Crippen molar-refractivity contribution in [3.63, 3.8) is 0 Å². The average Bonchev–Trinajstić information content (AvgIpc) is 2.56. The zero-order chi connectivity index (χ0) is 8.81. The van der Waals surface area contributed by atoms with Crippen LogP contribution in [0.15, 0.2) is 12.3 Å². The van der Waals surface area contributed by atoms with Gasteiger partial charge in [0.05, 0.1) is 6.61 Å². The predicted octanol–water partition coefficient (Wildman–Crippen LogP) is 1.37. The molecule has 1 N–H and O–H groups in total. The summed E-state index contributed by atoms with van der Waals surface area (Å²) in [4.78, 5) is 11.1. The summed E-state index contributed by atoms with van der Waals surface area (Å²) in [5.41, 5.74) is 0.339. The minimum atomic E-state index is -0.357. The van der Waals surface area contributed by atoms with Gasteiger partial charge in [0.1, 0.15) is 0 Å². The lowest BCUT2D eigenvalue weighted by Crippen LogP contribution is -2.06. The van der Waals surface area contributed by atoms with Crippen molar-refractivity contribution in [2.24, 2.45) is 0 Å². The number of H-pyrrole nitrogens is 1. The first-order valence-corrected chi connectivity index (χ1v) is 4.01. The minimum absolute atomic E-state index is 0.339. The Balaban J connectivity index is 2.30. The van der Waals surface area contributed by atoms with Crippen LogP contribution in [0, 0.1) is 0 Å². The Morgan fingerprint density at radius 1 is 1.75 bits per heavy atom. The molecule has 4 heteroatoms. The van der Waals surface area contributed by atoms with E-state index in [0.717, 1.165) is 12.8 Å². The van der Waals surface area contributed by atoms with Gasteiger partial charge in [-0.2, -0.15) is 5.10 Å². The maximum Gasteiger partial charge on any atom is 0.358 e. The molecule has 0 amide bonds. The van der Waals surface area contributed by atoms with Crippen molar-refractivity contribution in [1.29, 1.82) is 0 Å². The molecule has 1 aromatic rings. The van der Waals surface area contributed by atoms with Gasteiger partial charge in [0.25, 0.3) is 0 Å². The zero-order valence-electron chi connectivity index (χ0n) is 7.04. The molecule has 4 nitrogen and oxygen atoms in total. The van der Waals surface area contributed by atoms with Crippen molar-refractivity contribution in [2.75, 3.05) is 6.61 Å². The molecule has 0 aliphatic carbocycles. The Labute approximate surface area is 70.9 Å². The fraction of sp³-hybridized carbons (Fsp3) is 0.500. The lowest BCUT2D eigenvalue weighted by Gasteiger charge is -1.99. The van der Waals surface area contributed by atoms with E-state index in [2.05, 4.69) is 10.2 Å². The van der Waals surface area contributed by atoms with Crippen molar-refractivity contribution < 1.29 is 9.53 Å². The van der Waals surface area contributed by atoms with Gasteiger partial charge in [-0.15, -0.1) is 0 Å². The molecule has 0 aliphatic rings. The van der Waals surface area contributed by atoms with Crippen molar-refractivity contribution in [1.82, 2.24) is 10.2 Å². The number of nitrogens with one attached hydrogen (secondary N) is 1. The van der Waals surface area contributed by atoms with E-state index in [1.54, 1.807) is 12.3 Å². The fourth-order valence-electron chi connectivity index (χ4n) is 0.757. The molecule has 1 aromatic heterocycles. The smallest absolute Gasteiger partial charge is 0.358 e. The second kappa shape index (κ2) is 4.54. The predicted molar refractivity (Wildman–Crippen MR) is 43.8 cm³/mol. The van der Waals surface area contributed by atoms with Gasteiger partial charge in [-0.05, 0) is 12.5 Å². The molecule has 66 valence electrons. The lowest BCUT2D eigenvalue weighted by atomic mass is 10.4. The quantitative estimate of drug-likeness (QED) is 0.545. The Hall–Kier alpha value is -1.32. The molecule has 0 bridgehead atoms. The maximum atomic E-state index is 11.1. The summed E-state index contributed by atoms with van der Waals surface area (Å²) < 4.78 is 4.91. The van der Waals surface area contributed by atoms with Crippen LogP contribution in [0.4, 0.5) is 0 Å². The summed E-state index contributed by atoms with van der Waals surface area (Å²) in [6, 6.07) is 1.59. The van der Waals surface area contributed by atoms with Crippen LogP contribution in [0.25, 0.3) is 0 Å². The number of rotatable bonds is 4. The summed E-state index contributed by atoms with van der Waals surface area (Å²) in [7, 11) is 0. The first kappa shape index (κ1) is 8.77. The third-order valence-electron chi connectivity index (χ3n) is 1.44. The Kier molecular flexibility index (Phi) is 3.32. The van der Waals surface area contributed by atoms with Crippen LogP contribution < -0.4 is 0 Å². The van der Waals surface area contributed by atoms with E-state index in [9.17, 15) is 4.79 Å². The normalized spacial score (nSPS) is 9.75. The highest BCUT2D eigenvalue weighted by Gasteiger charge is 2.07. The van der Waals surface area contributed by atoms with Crippen LogP contribution in [0.2, 0.25) is 0 Å². The Morgan fingerprint density at radius 2 is 2.58 bits per heavy atom. The van der Waals surface area contributed by atoms with E-state index < -0.39 is 0 Å². The van der Waals surface area contributed by atoms with Gasteiger partial charge in [-0.1, -0.05) is 13.3 Å². The van der Waals surface area contributed by atoms with Crippen molar-refractivity contribution >= 4 is 5.97 Å². The molecule has 0 aromatic carbocycles. The lowest BCUT2D eigenvalue weighted by molar-refractivity contribution is 0.0493. The number of unbranched alkanes of at least 4 members (excludes halogenated alkanes) is 1. The fourth-order valence-corrected chi connectivity index (χ4v) is 0.757. The van der Waals surface area contributed by atoms with Gasteiger partial charge in [-0.25, -0.2) is 4.79 Å². The summed E-state index contributed by atoms with van der Waals surface area (Å²) >= 11 is 0. The molecule has 1 rings (SSSR count). The van der Waals surface area contributed by atoms with Crippen LogP contribution in [0.5, 0.6) is 0 Å². The summed E-state index contributed by atoms with van der Waals surface area (Å²) in [6.07, 6.45) is 3.51. The van der Waals surface area contributed by atoms with Crippen LogP contribution in [0.3, 0.4) is 0 Å². The molecule has 0 atom stereocenters. The van der Waals surface area contributed by atoms with Gasteiger partial charge in [0, 0.05) is 6.20 Å². The average molecular weight is 168 g/mol. The highest BCUT2D eigenvalue weighted by atomic mass is 16.5. The SMILES string of the molecule is CCCCOC(=O)c1cc[nH]n1. The Bertz CT molecular complexity index is 231. The third kappa shape index (κ3) is 2.38. The zero-order valence-corrected chi connectivity index (χ0v) is 7.04. The molecular formula is C8H12N2O2. The Morgan fingerprint density at radius 3 is 3.17 bits per heavy atom. The number of esters is 1. The van der Waals surface area contributed by atoms with E-state index in [4.69, 9.17) is 4.74 Å². The van der Waals surface area contributed by atoms with E-state index in [0.29, 0.717) is 12.3 Å². The number of ether oxygens (including phenoxy) is 1.